The summed E-state index contributed by atoms with van der Waals surface area (Å²) in [6.07, 6.45) is 0. The Labute approximate surface area is 93.4 Å². The van der Waals surface area contributed by atoms with Crippen LogP contribution in [0.1, 0.15) is 5.56 Å². The maximum atomic E-state index is 11.3. The Morgan fingerprint density at radius 2 is 1.94 bits per heavy atom. The number of amides is 1. The van der Waals surface area contributed by atoms with Crippen molar-refractivity contribution in [3.8, 4) is 0 Å². The van der Waals surface area contributed by atoms with Crippen LogP contribution in [0.25, 0.3) is 0 Å². The maximum absolute atomic E-state index is 11.3. The van der Waals surface area contributed by atoms with Crippen molar-refractivity contribution in [3.63, 3.8) is 0 Å². The summed E-state index contributed by atoms with van der Waals surface area (Å²) >= 11 is 0. The van der Waals surface area contributed by atoms with Gasteiger partial charge < -0.3 is 14.8 Å². The van der Waals surface area contributed by atoms with Gasteiger partial charge in [-0.15, -0.1) is 0 Å². The van der Waals surface area contributed by atoms with E-state index in [1.54, 1.807) is 25.3 Å². The van der Waals surface area contributed by atoms with Gasteiger partial charge in [0.1, 0.15) is 0 Å². The Balaban J connectivity index is 2.80. The predicted octanol–water partition coefficient (Wildman–Crippen LogP) is 0.944. The summed E-state index contributed by atoms with van der Waals surface area (Å²) in [7, 11) is 2.71. The lowest BCUT2D eigenvalue weighted by Gasteiger charge is -2.09. The zero-order chi connectivity index (χ0) is 12.0. The molecule has 0 fully saturated rings. The van der Waals surface area contributed by atoms with Gasteiger partial charge in [-0.05, 0) is 6.07 Å². The zero-order valence-corrected chi connectivity index (χ0v) is 9.15. The van der Waals surface area contributed by atoms with E-state index in [0.717, 1.165) is 12.7 Å². The Kier molecular flexibility index (Phi) is 4.47. The molecule has 1 aromatic rings. The molecule has 5 nitrogen and oxygen atoms in total. The minimum Gasteiger partial charge on any atom is -0.462 e. The molecule has 0 atom stereocenters. The van der Waals surface area contributed by atoms with Crippen molar-refractivity contribution in [2.45, 2.75) is 6.61 Å². The Hall–Kier alpha value is -1.88. The highest BCUT2D eigenvalue weighted by Crippen LogP contribution is 2.15. The minimum absolute atomic E-state index is 0.359. The summed E-state index contributed by atoms with van der Waals surface area (Å²) in [6.45, 7) is 0.359. The number of nitrogens with one attached hydrogen (secondary N) is 1. The van der Waals surface area contributed by atoms with Crippen molar-refractivity contribution >= 4 is 17.6 Å². The molecule has 1 amide bonds. The van der Waals surface area contributed by atoms with Crippen molar-refractivity contribution in [3.05, 3.63) is 29.8 Å². The van der Waals surface area contributed by atoms with E-state index in [9.17, 15) is 9.59 Å². The number of rotatable bonds is 3. The van der Waals surface area contributed by atoms with Gasteiger partial charge in [-0.1, -0.05) is 18.2 Å². The molecule has 0 saturated heterocycles. The standard InChI is InChI=1S/C11H13NO4/c1-15-7-8-5-3-4-6-9(8)12-10(13)11(14)16-2/h3-6H,7H2,1-2H3,(H,12,13). The van der Waals surface area contributed by atoms with E-state index in [1.807, 2.05) is 6.07 Å². The number of benzene rings is 1. The number of ether oxygens (including phenoxy) is 2. The van der Waals surface area contributed by atoms with Crippen molar-refractivity contribution in [2.75, 3.05) is 19.5 Å². The Morgan fingerprint density at radius 1 is 1.25 bits per heavy atom. The molecule has 1 rings (SSSR count). The number of hydrogen-bond acceptors (Lipinski definition) is 4. The third-order valence-electron chi connectivity index (χ3n) is 1.94. The third kappa shape index (κ3) is 3.06. The average Bonchev–Trinajstić information content (AvgIpc) is 2.31. The van der Waals surface area contributed by atoms with Crippen LogP contribution < -0.4 is 5.32 Å². The molecule has 5 heteroatoms. The van der Waals surface area contributed by atoms with Crippen molar-refractivity contribution in [2.24, 2.45) is 0 Å². The van der Waals surface area contributed by atoms with Gasteiger partial charge in [0.15, 0.2) is 0 Å². The van der Waals surface area contributed by atoms with E-state index < -0.39 is 11.9 Å². The van der Waals surface area contributed by atoms with Gasteiger partial charge in [0, 0.05) is 18.4 Å². The van der Waals surface area contributed by atoms with Gasteiger partial charge in [0.2, 0.25) is 0 Å². The number of para-hydroxylation sites is 1. The van der Waals surface area contributed by atoms with Crippen LogP contribution in [-0.2, 0) is 25.7 Å². The van der Waals surface area contributed by atoms with Gasteiger partial charge in [0.05, 0.1) is 13.7 Å². The smallest absolute Gasteiger partial charge is 0.396 e. The normalized spacial score (nSPS) is 9.62. The van der Waals surface area contributed by atoms with Crippen LogP contribution in [0.15, 0.2) is 24.3 Å². The number of carbonyl (C=O) groups excluding carboxylic acids is 2. The zero-order valence-electron chi connectivity index (χ0n) is 9.15. The molecular formula is C11H13NO4. The quantitative estimate of drug-likeness (QED) is 0.612. The fourth-order valence-electron chi connectivity index (χ4n) is 1.19. The molecule has 0 bridgehead atoms. The molecule has 16 heavy (non-hydrogen) atoms. The highest BCUT2D eigenvalue weighted by molar-refractivity contribution is 6.37. The first kappa shape index (κ1) is 12.2. The molecule has 0 radical (unpaired) electrons. The van der Waals surface area contributed by atoms with Crippen LogP contribution in [0.3, 0.4) is 0 Å². The monoisotopic (exact) mass is 223 g/mol. The van der Waals surface area contributed by atoms with Crippen LogP contribution in [-0.4, -0.2) is 26.1 Å². The topological polar surface area (TPSA) is 64.6 Å². The van der Waals surface area contributed by atoms with Crippen LogP contribution in [0.4, 0.5) is 5.69 Å². The second kappa shape index (κ2) is 5.87. The van der Waals surface area contributed by atoms with Crippen molar-refractivity contribution in [1.29, 1.82) is 0 Å². The van der Waals surface area contributed by atoms with Gasteiger partial charge in [-0.25, -0.2) is 4.79 Å². The summed E-state index contributed by atoms with van der Waals surface area (Å²) in [5.74, 6) is -1.72. The van der Waals surface area contributed by atoms with Crippen molar-refractivity contribution in [1.82, 2.24) is 0 Å². The lowest BCUT2D eigenvalue weighted by Crippen LogP contribution is -2.24. The fraction of sp³-hybridized carbons (Fsp3) is 0.273. The van der Waals surface area contributed by atoms with Gasteiger partial charge >= 0.3 is 11.9 Å². The number of anilines is 1. The third-order valence-corrected chi connectivity index (χ3v) is 1.94. The first-order chi connectivity index (χ1) is 7.69. The number of carbonyl (C=O) groups is 2. The summed E-state index contributed by atoms with van der Waals surface area (Å²) < 4.78 is 9.27. The first-order valence-electron chi connectivity index (χ1n) is 4.65. The van der Waals surface area contributed by atoms with Crippen LogP contribution in [0.2, 0.25) is 0 Å². The molecule has 0 aliphatic heterocycles. The minimum atomic E-state index is -0.924. The lowest BCUT2D eigenvalue weighted by molar-refractivity contribution is -0.150. The van der Waals surface area contributed by atoms with E-state index in [2.05, 4.69) is 10.1 Å². The number of methoxy groups -OCH3 is 2. The summed E-state index contributed by atoms with van der Waals surface area (Å²) in [5.41, 5.74) is 1.34. The molecule has 86 valence electrons. The molecular weight excluding hydrogens is 210 g/mol. The first-order valence-corrected chi connectivity index (χ1v) is 4.65. The van der Waals surface area contributed by atoms with E-state index in [4.69, 9.17) is 4.74 Å². The molecule has 0 aliphatic carbocycles. The van der Waals surface area contributed by atoms with E-state index >= 15 is 0 Å². The Morgan fingerprint density at radius 3 is 2.56 bits per heavy atom. The maximum Gasteiger partial charge on any atom is 0.396 e. The van der Waals surface area contributed by atoms with Gasteiger partial charge in [-0.2, -0.15) is 0 Å². The molecule has 1 aromatic carbocycles. The molecule has 0 unspecified atom stereocenters. The van der Waals surface area contributed by atoms with Gasteiger partial charge in [-0.3, -0.25) is 4.79 Å². The molecule has 0 aromatic heterocycles. The fourth-order valence-corrected chi connectivity index (χ4v) is 1.19. The van der Waals surface area contributed by atoms with E-state index in [1.165, 1.54) is 0 Å². The van der Waals surface area contributed by atoms with E-state index in [-0.39, 0.29) is 0 Å². The number of hydrogen-bond donors (Lipinski definition) is 1. The van der Waals surface area contributed by atoms with Crippen LogP contribution in [0.5, 0.6) is 0 Å². The van der Waals surface area contributed by atoms with E-state index in [0.29, 0.717) is 12.3 Å². The molecule has 0 spiro atoms. The number of esters is 1. The van der Waals surface area contributed by atoms with Crippen LogP contribution >= 0.6 is 0 Å². The van der Waals surface area contributed by atoms with Crippen molar-refractivity contribution < 1.29 is 19.1 Å². The SMILES string of the molecule is COCc1ccccc1NC(=O)C(=O)OC. The molecule has 1 N–H and O–H groups in total. The van der Waals surface area contributed by atoms with Gasteiger partial charge in [0.25, 0.3) is 0 Å². The molecule has 0 heterocycles. The average molecular weight is 223 g/mol. The second-order valence-electron chi connectivity index (χ2n) is 3.04. The summed E-state index contributed by atoms with van der Waals surface area (Å²) in [4.78, 5) is 22.2. The lowest BCUT2D eigenvalue weighted by atomic mass is 10.2. The largest absolute Gasteiger partial charge is 0.462 e. The summed E-state index contributed by atoms with van der Waals surface area (Å²) in [5, 5.41) is 2.45. The second-order valence-corrected chi connectivity index (χ2v) is 3.04. The molecule has 0 aliphatic rings. The highest BCUT2D eigenvalue weighted by atomic mass is 16.5. The molecule has 0 saturated carbocycles. The predicted molar refractivity (Wildman–Crippen MR) is 57.8 cm³/mol. The Bertz CT molecular complexity index is 389. The summed E-state index contributed by atoms with van der Waals surface area (Å²) in [6, 6.07) is 7.07. The van der Waals surface area contributed by atoms with Crippen LogP contribution in [0, 0.1) is 0 Å². The highest BCUT2D eigenvalue weighted by Gasteiger charge is 2.14.